The summed E-state index contributed by atoms with van der Waals surface area (Å²) in [4.78, 5) is 6.38. The van der Waals surface area contributed by atoms with Crippen LogP contribution in [0.1, 0.15) is 18.5 Å². The summed E-state index contributed by atoms with van der Waals surface area (Å²) in [6.45, 7) is 1.47. The standard InChI is InChI=1S/C12H19N3O/c1-15(8-9-4-12(16)5-9)11-2-3-14-10(6-11)7-13/h2-3,6,9,12,16H,4-5,7-8,13H2,1H3. The zero-order valence-corrected chi connectivity index (χ0v) is 9.63. The number of nitrogens with two attached hydrogens (primary N) is 1. The highest BCUT2D eigenvalue weighted by atomic mass is 16.3. The SMILES string of the molecule is CN(CC1CC(O)C1)c1ccnc(CN)c1. The van der Waals surface area contributed by atoms with Crippen molar-refractivity contribution < 1.29 is 5.11 Å². The third-order valence-electron chi connectivity index (χ3n) is 3.19. The minimum Gasteiger partial charge on any atom is -0.393 e. The summed E-state index contributed by atoms with van der Waals surface area (Å²) in [5.41, 5.74) is 7.63. The van der Waals surface area contributed by atoms with E-state index in [0.29, 0.717) is 12.5 Å². The molecule has 0 bridgehead atoms. The van der Waals surface area contributed by atoms with Crippen LogP contribution in [-0.2, 0) is 6.54 Å². The smallest absolute Gasteiger partial charge is 0.0560 e. The fourth-order valence-electron chi connectivity index (χ4n) is 2.16. The Morgan fingerprint density at radius 3 is 2.94 bits per heavy atom. The van der Waals surface area contributed by atoms with E-state index in [4.69, 9.17) is 5.73 Å². The molecule has 0 atom stereocenters. The second kappa shape index (κ2) is 4.80. The summed E-state index contributed by atoms with van der Waals surface area (Å²) >= 11 is 0. The van der Waals surface area contributed by atoms with Gasteiger partial charge in [0.2, 0.25) is 0 Å². The van der Waals surface area contributed by atoms with Crippen molar-refractivity contribution in [3.8, 4) is 0 Å². The van der Waals surface area contributed by atoms with E-state index in [-0.39, 0.29) is 6.10 Å². The van der Waals surface area contributed by atoms with Crippen molar-refractivity contribution in [2.75, 3.05) is 18.5 Å². The summed E-state index contributed by atoms with van der Waals surface area (Å²) in [7, 11) is 2.07. The lowest BCUT2D eigenvalue weighted by Gasteiger charge is -2.35. The number of pyridine rings is 1. The summed E-state index contributed by atoms with van der Waals surface area (Å²) in [6.07, 6.45) is 3.58. The quantitative estimate of drug-likeness (QED) is 0.787. The van der Waals surface area contributed by atoms with Gasteiger partial charge in [-0.05, 0) is 30.9 Å². The van der Waals surface area contributed by atoms with Crippen LogP contribution in [0.5, 0.6) is 0 Å². The van der Waals surface area contributed by atoms with Crippen LogP contribution < -0.4 is 10.6 Å². The molecule has 4 nitrogen and oxygen atoms in total. The number of anilines is 1. The van der Waals surface area contributed by atoms with Gasteiger partial charge in [-0.25, -0.2) is 0 Å². The number of nitrogens with zero attached hydrogens (tertiary/aromatic N) is 2. The fourth-order valence-corrected chi connectivity index (χ4v) is 2.16. The lowest BCUT2D eigenvalue weighted by atomic mass is 9.82. The average molecular weight is 221 g/mol. The van der Waals surface area contributed by atoms with E-state index in [1.807, 2.05) is 12.1 Å². The molecule has 88 valence electrons. The maximum absolute atomic E-state index is 9.24. The van der Waals surface area contributed by atoms with Crippen LogP contribution in [-0.4, -0.2) is 29.8 Å². The predicted molar refractivity (Wildman–Crippen MR) is 64.1 cm³/mol. The van der Waals surface area contributed by atoms with Crippen LogP contribution in [0.2, 0.25) is 0 Å². The average Bonchev–Trinajstić information content (AvgIpc) is 2.27. The Morgan fingerprint density at radius 2 is 2.31 bits per heavy atom. The zero-order valence-electron chi connectivity index (χ0n) is 9.63. The molecule has 3 N–H and O–H groups in total. The Kier molecular flexibility index (Phi) is 3.41. The number of rotatable bonds is 4. The van der Waals surface area contributed by atoms with Crippen molar-refractivity contribution in [3.63, 3.8) is 0 Å². The Hall–Kier alpha value is -1.13. The van der Waals surface area contributed by atoms with E-state index in [9.17, 15) is 5.11 Å². The first-order chi connectivity index (χ1) is 7.69. The highest BCUT2D eigenvalue weighted by molar-refractivity contribution is 5.45. The highest BCUT2D eigenvalue weighted by Gasteiger charge is 2.27. The largest absolute Gasteiger partial charge is 0.393 e. The van der Waals surface area contributed by atoms with E-state index in [2.05, 4.69) is 16.9 Å². The third kappa shape index (κ3) is 2.51. The van der Waals surface area contributed by atoms with E-state index in [1.54, 1.807) is 6.20 Å². The molecule has 0 saturated heterocycles. The summed E-state index contributed by atoms with van der Waals surface area (Å²) in [5, 5.41) is 9.24. The van der Waals surface area contributed by atoms with E-state index < -0.39 is 0 Å². The molecule has 1 heterocycles. The monoisotopic (exact) mass is 221 g/mol. The zero-order chi connectivity index (χ0) is 11.5. The fraction of sp³-hybridized carbons (Fsp3) is 0.583. The number of aromatic nitrogens is 1. The van der Waals surface area contributed by atoms with E-state index >= 15 is 0 Å². The van der Waals surface area contributed by atoms with Crippen LogP contribution in [0.4, 0.5) is 5.69 Å². The third-order valence-corrected chi connectivity index (χ3v) is 3.19. The molecule has 1 aliphatic rings. The second-order valence-corrected chi connectivity index (χ2v) is 4.58. The van der Waals surface area contributed by atoms with Crippen molar-refractivity contribution >= 4 is 5.69 Å². The lowest BCUT2D eigenvalue weighted by molar-refractivity contribution is 0.0465. The number of aliphatic hydroxyl groups excluding tert-OH is 1. The Morgan fingerprint density at radius 1 is 1.56 bits per heavy atom. The minimum atomic E-state index is -0.0737. The van der Waals surface area contributed by atoms with Gasteiger partial charge in [0, 0.05) is 32.0 Å². The molecule has 0 spiro atoms. The first kappa shape index (κ1) is 11.4. The summed E-state index contributed by atoms with van der Waals surface area (Å²) in [6, 6.07) is 4.02. The molecule has 2 rings (SSSR count). The van der Waals surface area contributed by atoms with Crippen LogP contribution in [0.15, 0.2) is 18.3 Å². The van der Waals surface area contributed by atoms with Gasteiger partial charge in [-0.15, -0.1) is 0 Å². The van der Waals surface area contributed by atoms with Crippen LogP contribution in [0, 0.1) is 5.92 Å². The maximum Gasteiger partial charge on any atom is 0.0560 e. The van der Waals surface area contributed by atoms with Gasteiger partial charge >= 0.3 is 0 Å². The molecule has 16 heavy (non-hydrogen) atoms. The second-order valence-electron chi connectivity index (χ2n) is 4.58. The normalized spacial score (nSPS) is 23.9. The molecule has 1 aromatic rings. The van der Waals surface area contributed by atoms with Crippen LogP contribution in [0.25, 0.3) is 0 Å². The van der Waals surface area contributed by atoms with Crippen molar-refractivity contribution in [1.29, 1.82) is 0 Å². The predicted octanol–water partition coefficient (Wildman–Crippen LogP) is 0.747. The van der Waals surface area contributed by atoms with Gasteiger partial charge in [0.15, 0.2) is 0 Å². The van der Waals surface area contributed by atoms with Gasteiger partial charge in [-0.2, -0.15) is 0 Å². The molecule has 0 unspecified atom stereocenters. The Bertz CT molecular complexity index is 350. The molecule has 1 aromatic heterocycles. The maximum atomic E-state index is 9.24. The van der Waals surface area contributed by atoms with Gasteiger partial charge in [0.1, 0.15) is 0 Å². The molecule has 0 aromatic carbocycles. The first-order valence-electron chi connectivity index (χ1n) is 5.73. The molecule has 1 fully saturated rings. The van der Waals surface area contributed by atoms with Crippen LogP contribution >= 0.6 is 0 Å². The van der Waals surface area contributed by atoms with Gasteiger partial charge in [0.05, 0.1) is 11.8 Å². The lowest BCUT2D eigenvalue weighted by Crippen LogP contribution is -2.37. The van der Waals surface area contributed by atoms with Gasteiger partial charge in [0.25, 0.3) is 0 Å². The molecule has 0 radical (unpaired) electrons. The molecule has 1 saturated carbocycles. The number of hydrogen-bond donors (Lipinski definition) is 2. The molecule has 1 aliphatic carbocycles. The van der Waals surface area contributed by atoms with Gasteiger partial charge < -0.3 is 15.7 Å². The van der Waals surface area contributed by atoms with E-state index in [0.717, 1.165) is 30.8 Å². The molecule has 4 heteroatoms. The van der Waals surface area contributed by atoms with Gasteiger partial charge in [-0.3, -0.25) is 4.98 Å². The number of aliphatic hydroxyl groups is 1. The molecular weight excluding hydrogens is 202 g/mol. The summed E-state index contributed by atoms with van der Waals surface area (Å²) < 4.78 is 0. The van der Waals surface area contributed by atoms with Crippen molar-refractivity contribution in [1.82, 2.24) is 4.98 Å². The summed E-state index contributed by atoms with van der Waals surface area (Å²) in [5.74, 6) is 0.620. The van der Waals surface area contributed by atoms with Crippen molar-refractivity contribution in [3.05, 3.63) is 24.0 Å². The molecule has 0 aliphatic heterocycles. The van der Waals surface area contributed by atoms with E-state index in [1.165, 1.54) is 0 Å². The highest BCUT2D eigenvalue weighted by Crippen LogP contribution is 2.28. The van der Waals surface area contributed by atoms with Gasteiger partial charge in [-0.1, -0.05) is 0 Å². The van der Waals surface area contributed by atoms with Crippen LogP contribution in [0.3, 0.4) is 0 Å². The molecule has 0 amide bonds. The first-order valence-corrected chi connectivity index (χ1v) is 5.73. The number of hydrogen-bond acceptors (Lipinski definition) is 4. The Labute approximate surface area is 96.1 Å². The van der Waals surface area contributed by atoms with Crippen molar-refractivity contribution in [2.45, 2.75) is 25.5 Å². The molecular formula is C12H19N3O. The van der Waals surface area contributed by atoms with Crippen molar-refractivity contribution in [2.24, 2.45) is 11.7 Å². The Balaban J connectivity index is 1.94. The minimum absolute atomic E-state index is 0.0737. The topological polar surface area (TPSA) is 62.4 Å².